The Morgan fingerprint density at radius 1 is 1.21 bits per heavy atom. The van der Waals surface area contributed by atoms with Crippen LogP contribution >= 0.6 is 11.6 Å². The van der Waals surface area contributed by atoms with Gasteiger partial charge in [-0.2, -0.15) is 0 Å². The third-order valence-electron chi connectivity index (χ3n) is 5.22. The Morgan fingerprint density at radius 3 is 2.88 bits per heavy atom. The molecule has 1 atom stereocenters. The summed E-state index contributed by atoms with van der Waals surface area (Å²) in [5.41, 5.74) is 5.19. The van der Waals surface area contributed by atoms with Crippen LogP contribution in [-0.4, -0.2) is 27.5 Å². The summed E-state index contributed by atoms with van der Waals surface area (Å²) in [5, 5.41) is 2.15. The highest BCUT2D eigenvalue weighted by atomic mass is 35.5. The van der Waals surface area contributed by atoms with Crippen LogP contribution in [0.5, 0.6) is 0 Å². The maximum atomic E-state index is 6.59. The van der Waals surface area contributed by atoms with Crippen LogP contribution in [0, 0.1) is 0 Å². The van der Waals surface area contributed by atoms with Gasteiger partial charge in [0.25, 0.3) is 0 Å². The van der Waals surface area contributed by atoms with Gasteiger partial charge in [0.15, 0.2) is 0 Å². The molecule has 1 unspecified atom stereocenters. The number of aryl methyl sites for hydroxylation is 2. The van der Waals surface area contributed by atoms with Crippen molar-refractivity contribution in [3.8, 4) is 0 Å². The molecule has 1 aromatic carbocycles. The van der Waals surface area contributed by atoms with E-state index in [9.17, 15) is 0 Å². The summed E-state index contributed by atoms with van der Waals surface area (Å²) >= 11 is 6.59. The lowest BCUT2D eigenvalue weighted by Crippen LogP contribution is -2.35. The minimum atomic E-state index is 0.550. The summed E-state index contributed by atoms with van der Waals surface area (Å²) in [6, 6.07) is 12.9. The van der Waals surface area contributed by atoms with Gasteiger partial charge in [-0.15, -0.1) is 0 Å². The first-order valence-corrected chi connectivity index (χ1v) is 8.91. The van der Waals surface area contributed by atoms with Crippen molar-refractivity contribution in [2.45, 2.75) is 38.9 Å². The molecule has 24 heavy (non-hydrogen) atoms. The van der Waals surface area contributed by atoms with E-state index in [1.54, 1.807) is 0 Å². The molecule has 2 aromatic heterocycles. The van der Waals surface area contributed by atoms with Gasteiger partial charge in [-0.1, -0.05) is 29.8 Å². The zero-order valence-electron chi connectivity index (χ0n) is 14.2. The van der Waals surface area contributed by atoms with Crippen molar-refractivity contribution in [2.24, 2.45) is 0 Å². The van der Waals surface area contributed by atoms with Crippen LogP contribution in [0.2, 0.25) is 5.02 Å². The van der Waals surface area contributed by atoms with E-state index in [0.29, 0.717) is 6.04 Å². The molecule has 0 amide bonds. The standard InChI is InChI=1S/C20H22ClN3/c1-14-12-19-17(13-23(14)2)16-7-5-8-18(21)20(16)24(19)11-9-15-6-3-4-10-22-15/h3-8,10,14H,9,11-13H2,1-2H3. The largest absolute Gasteiger partial charge is 0.343 e. The highest BCUT2D eigenvalue weighted by molar-refractivity contribution is 6.35. The van der Waals surface area contributed by atoms with Crippen LogP contribution in [0.25, 0.3) is 10.9 Å². The van der Waals surface area contributed by atoms with Gasteiger partial charge in [-0.25, -0.2) is 0 Å². The Hall–Kier alpha value is -1.84. The summed E-state index contributed by atoms with van der Waals surface area (Å²) in [5.74, 6) is 0. The minimum Gasteiger partial charge on any atom is -0.343 e. The molecule has 0 N–H and O–H groups in total. The molecule has 1 aliphatic heterocycles. The molecule has 1 aliphatic rings. The number of likely N-dealkylation sites (N-methyl/N-ethyl adjacent to an activating group) is 1. The summed E-state index contributed by atoms with van der Waals surface area (Å²) < 4.78 is 2.44. The molecule has 124 valence electrons. The number of pyridine rings is 1. The second-order valence-corrected chi connectivity index (χ2v) is 7.16. The Bertz CT molecular complexity index is 869. The fourth-order valence-corrected chi connectivity index (χ4v) is 4.03. The van der Waals surface area contributed by atoms with Crippen molar-refractivity contribution >= 4 is 22.5 Å². The zero-order chi connectivity index (χ0) is 16.7. The smallest absolute Gasteiger partial charge is 0.0675 e. The Balaban J connectivity index is 1.80. The molecule has 0 saturated carbocycles. The average Bonchev–Trinajstić information content (AvgIpc) is 2.89. The molecule has 0 saturated heterocycles. The number of hydrogen-bond donors (Lipinski definition) is 0. The van der Waals surface area contributed by atoms with Crippen LogP contribution < -0.4 is 0 Å². The van der Waals surface area contributed by atoms with Crippen molar-refractivity contribution in [1.82, 2.24) is 14.5 Å². The van der Waals surface area contributed by atoms with Crippen LogP contribution in [0.3, 0.4) is 0 Å². The summed E-state index contributed by atoms with van der Waals surface area (Å²) in [6.07, 6.45) is 3.86. The predicted molar refractivity (Wildman–Crippen MR) is 99.5 cm³/mol. The van der Waals surface area contributed by atoms with E-state index in [1.165, 1.54) is 22.2 Å². The molecule has 0 spiro atoms. The fourth-order valence-electron chi connectivity index (χ4n) is 3.76. The van der Waals surface area contributed by atoms with Crippen LogP contribution in [-0.2, 0) is 25.9 Å². The molecular formula is C20H22ClN3. The number of fused-ring (bicyclic) bond motifs is 3. The van der Waals surface area contributed by atoms with Crippen molar-refractivity contribution in [2.75, 3.05) is 7.05 Å². The quantitative estimate of drug-likeness (QED) is 0.709. The molecule has 0 fully saturated rings. The van der Waals surface area contributed by atoms with E-state index in [0.717, 1.165) is 36.6 Å². The Kier molecular flexibility index (Phi) is 4.07. The summed E-state index contributed by atoms with van der Waals surface area (Å²) in [7, 11) is 2.20. The van der Waals surface area contributed by atoms with Gasteiger partial charge in [0, 0.05) is 54.9 Å². The highest BCUT2D eigenvalue weighted by Gasteiger charge is 2.27. The minimum absolute atomic E-state index is 0.550. The maximum Gasteiger partial charge on any atom is 0.0675 e. The first-order chi connectivity index (χ1) is 11.6. The lowest BCUT2D eigenvalue weighted by molar-refractivity contribution is 0.228. The zero-order valence-corrected chi connectivity index (χ0v) is 14.9. The molecule has 3 heterocycles. The number of rotatable bonds is 3. The van der Waals surface area contributed by atoms with Crippen molar-refractivity contribution in [1.29, 1.82) is 0 Å². The van der Waals surface area contributed by atoms with Gasteiger partial charge in [0.2, 0.25) is 0 Å². The fraction of sp³-hybridized carbons (Fsp3) is 0.350. The summed E-state index contributed by atoms with van der Waals surface area (Å²) in [6.45, 7) is 4.21. The predicted octanol–water partition coefficient (Wildman–Crippen LogP) is 4.31. The van der Waals surface area contributed by atoms with E-state index in [2.05, 4.69) is 52.7 Å². The van der Waals surface area contributed by atoms with Gasteiger partial charge < -0.3 is 4.57 Å². The van der Waals surface area contributed by atoms with Crippen LogP contribution in [0.15, 0.2) is 42.6 Å². The second kappa shape index (κ2) is 6.23. The van der Waals surface area contributed by atoms with Gasteiger partial charge in [0.05, 0.1) is 10.5 Å². The lowest BCUT2D eigenvalue weighted by atomic mass is 10.00. The van der Waals surface area contributed by atoms with Crippen molar-refractivity contribution in [3.05, 3.63) is 64.6 Å². The number of halogens is 1. The van der Waals surface area contributed by atoms with E-state index in [1.807, 2.05) is 18.3 Å². The van der Waals surface area contributed by atoms with Gasteiger partial charge >= 0.3 is 0 Å². The average molecular weight is 340 g/mol. The van der Waals surface area contributed by atoms with Crippen LogP contribution in [0.1, 0.15) is 23.9 Å². The lowest BCUT2D eigenvalue weighted by Gasteiger charge is -2.31. The van der Waals surface area contributed by atoms with Crippen molar-refractivity contribution < 1.29 is 0 Å². The molecule has 0 radical (unpaired) electrons. The van der Waals surface area contributed by atoms with E-state index < -0.39 is 0 Å². The Morgan fingerprint density at radius 2 is 2.08 bits per heavy atom. The highest BCUT2D eigenvalue weighted by Crippen LogP contribution is 2.36. The van der Waals surface area contributed by atoms with E-state index in [-0.39, 0.29) is 0 Å². The molecule has 4 heteroatoms. The number of aromatic nitrogens is 2. The third kappa shape index (κ3) is 2.62. The SMILES string of the molecule is CC1Cc2c(c3cccc(Cl)c3n2CCc2ccccn2)CN1C. The number of nitrogens with zero attached hydrogens (tertiary/aromatic N) is 3. The van der Waals surface area contributed by atoms with Crippen molar-refractivity contribution in [3.63, 3.8) is 0 Å². The monoisotopic (exact) mass is 339 g/mol. The maximum absolute atomic E-state index is 6.59. The summed E-state index contributed by atoms with van der Waals surface area (Å²) in [4.78, 5) is 6.89. The number of hydrogen-bond acceptors (Lipinski definition) is 2. The number of para-hydroxylation sites is 1. The molecule has 3 nitrogen and oxygen atoms in total. The first kappa shape index (κ1) is 15.7. The first-order valence-electron chi connectivity index (χ1n) is 8.53. The normalized spacial score (nSPS) is 18.0. The molecule has 3 aromatic rings. The van der Waals surface area contributed by atoms with Gasteiger partial charge in [-0.05, 0) is 37.7 Å². The third-order valence-corrected chi connectivity index (χ3v) is 5.53. The van der Waals surface area contributed by atoms with Crippen LogP contribution in [0.4, 0.5) is 0 Å². The van der Waals surface area contributed by atoms with E-state index in [4.69, 9.17) is 11.6 Å². The van der Waals surface area contributed by atoms with Gasteiger partial charge in [0.1, 0.15) is 0 Å². The molecule has 0 aliphatic carbocycles. The molecular weight excluding hydrogens is 318 g/mol. The Labute approximate surface area is 147 Å². The van der Waals surface area contributed by atoms with E-state index >= 15 is 0 Å². The molecule has 0 bridgehead atoms. The topological polar surface area (TPSA) is 21.1 Å². The van der Waals surface area contributed by atoms with Gasteiger partial charge in [-0.3, -0.25) is 9.88 Å². The number of benzene rings is 1. The molecule has 4 rings (SSSR count). The second-order valence-electron chi connectivity index (χ2n) is 6.75.